The van der Waals surface area contributed by atoms with Gasteiger partial charge in [0, 0.05) is 5.56 Å². The smallest absolute Gasteiger partial charge is 0.185 e. The first-order valence-corrected chi connectivity index (χ1v) is 8.84. The summed E-state index contributed by atoms with van der Waals surface area (Å²) in [4.78, 5) is 12.2. The monoisotopic (exact) mass is 402 g/mol. The third-order valence-corrected chi connectivity index (χ3v) is 4.33. The van der Waals surface area contributed by atoms with Crippen molar-refractivity contribution >= 4 is 35.1 Å². The summed E-state index contributed by atoms with van der Waals surface area (Å²) in [5.41, 5.74) is 0.565. The number of ketones is 1. The van der Waals surface area contributed by atoms with Crippen molar-refractivity contribution in [3.8, 4) is 11.5 Å². The number of halogens is 2. The molecule has 4 nitrogen and oxygen atoms in total. The van der Waals surface area contributed by atoms with Crippen LogP contribution in [0.25, 0.3) is 6.08 Å². The van der Waals surface area contributed by atoms with Crippen molar-refractivity contribution in [2.24, 2.45) is 0 Å². The molecule has 0 saturated heterocycles. The average molecular weight is 403 g/mol. The molecule has 1 heterocycles. The second kappa shape index (κ2) is 8.80. The number of benzene rings is 2. The molecule has 6 heteroatoms. The Hall–Kier alpha value is -2.69. The second-order valence-electron chi connectivity index (χ2n) is 5.57. The molecule has 3 aromatic rings. The number of hydrogen-bond donors (Lipinski definition) is 0. The topological polar surface area (TPSA) is 48.7 Å². The number of methoxy groups -OCH3 is 1. The van der Waals surface area contributed by atoms with Gasteiger partial charge in [-0.3, -0.25) is 4.79 Å². The van der Waals surface area contributed by atoms with Crippen LogP contribution in [0.2, 0.25) is 10.0 Å². The van der Waals surface area contributed by atoms with Crippen LogP contribution in [-0.4, -0.2) is 12.9 Å². The molecule has 27 heavy (non-hydrogen) atoms. The summed E-state index contributed by atoms with van der Waals surface area (Å²) >= 11 is 12.1. The van der Waals surface area contributed by atoms with Gasteiger partial charge in [-0.15, -0.1) is 0 Å². The van der Waals surface area contributed by atoms with Crippen LogP contribution >= 0.6 is 23.2 Å². The molecule has 138 valence electrons. The summed E-state index contributed by atoms with van der Waals surface area (Å²) < 4.78 is 16.3. The van der Waals surface area contributed by atoms with Crippen LogP contribution in [0.5, 0.6) is 11.5 Å². The van der Waals surface area contributed by atoms with E-state index in [2.05, 4.69) is 0 Å². The fourth-order valence-corrected chi connectivity index (χ4v) is 2.84. The minimum atomic E-state index is -0.130. The summed E-state index contributed by atoms with van der Waals surface area (Å²) in [7, 11) is 1.58. The lowest BCUT2D eigenvalue weighted by Crippen LogP contribution is -1.95. The lowest BCUT2D eigenvalue weighted by molar-refractivity contribution is 0.104. The first kappa shape index (κ1) is 19.1. The van der Waals surface area contributed by atoms with E-state index >= 15 is 0 Å². The van der Waals surface area contributed by atoms with E-state index in [-0.39, 0.29) is 12.4 Å². The number of carbonyl (C=O) groups is 1. The lowest BCUT2D eigenvalue weighted by atomic mass is 10.1. The number of para-hydroxylation sites is 1. The second-order valence-corrected chi connectivity index (χ2v) is 6.38. The molecule has 0 radical (unpaired) electrons. The molecule has 0 aliphatic heterocycles. The van der Waals surface area contributed by atoms with Gasteiger partial charge in [0.1, 0.15) is 23.9 Å². The summed E-state index contributed by atoms with van der Waals surface area (Å²) in [6, 6.07) is 15.6. The molecule has 3 rings (SSSR count). The number of ether oxygens (including phenoxy) is 2. The van der Waals surface area contributed by atoms with E-state index in [0.717, 1.165) is 0 Å². The Bertz CT molecular complexity index is 938. The standard InChI is InChI=1S/C21H16Cl2O4/c1-25-15-7-5-14(6-8-15)20(24)12-11-16-9-10-17(27-16)13-26-21-18(22)3-2-4-19(21)23/h2-12H,13H2,1H3/b12-11+. The Morgan fingerprint density at radius 1 is 1.04 bits per heavy atom. The van der Waals surface area contributed by atoms with E-state index < -0.39 is 0 Å². The van der Waals surface area contributed by atoms with Crippen molar-refractivity contribution in [3.05, 3.63) is 87.8 Å². The van der Waals surface area contributed by atoms with Gasteiger partial charge in [-0.05, 0) is 60.7 Å². The van der Waals surface area contributed by atoms with Gasteiger partial charge in [0.25, 0.3) is 0 Å². The van der Waals surface area contributed by atoms with Crippen LogP contribution in [0.3, 0.4) is 0 Å². The van der Waals surface area contributed by atoms with Gasteiger partial charge in [0.2, 0.25) is 0 Å². The van der Waals surface area contributed by atoms with Gasteiger partial charge < -0.3 is 13.9 Å². The highest BCUT2D eigenvalue weighted by molar-refractivity contribution is 6.37. The highest BCUT2D eigenvalue weighted by Crippen LogP contribution is 2.33. The number of carbonyl (C=O) groups excluding carboxylic acids is 1. The minimum absolute atomic E-state index is 0.130. The van der Waals surface area contributed by atoms with Gasteiger partial charge >= 0.3 is 0 Å². The quantitative estimate of drug-likeness (QED) is 0.355. The number of allylic oxidation sites excluding steroid dienone is 1. The van der Waals surface area contributed by atoms with Crippen LogP contribution in [0.4, 0.5) is 0 Å². The third kappa shape index (κ3) is 4.94. The predicted octanol–water partition coefficient (Wildman–Crippen LogP) is 6.07. The van der Waals surface area contributed by atoms with Crippen molar-refractivity contribution in [1.29, 1.82) is 0 Å². The zero-order valence-corrected chi connectivity index (χ0v) is 16.0. The van der Waals surface area contributed by atoms with Gasteiger partial charge in [-0.25, -0.2) is 0 Å². The van der Waals surface area contributed by atoms with Crippen LogP contribution in [0.15, 0.2) is 65.1 Å². The molecule has 0 N–H and O–H groups in total. The highest BCUT2D eigenvalue weighted by atomic mass is 35.5. The van der Waals surface area contributed by atoms with E-state index in [1.54, 1.807) is 67.8 Å². The summed E-state index contributed by atoms with van der Waals surface area (Å²) in [5.74, 6) is 2.10. The maximum absolute atomic E-state index is 12.2. The summed E-state index contributed by atoms with van der Waals surface area (Å²) in [5, 5.41) is 0.860. The highest BCUT2D eigenvalue weighted by Gasteiger charge is 2.09. The Balaban J connectivity index is 1.61. The Morgan fingerprint density at radius 2 is 1.74 bits per heavy atom. The van der Waals surface area contributed by atoms with Crippen molar-refractivity contribution in [2.75, 3.05) is 7.11 Å². The van der Waals surface area contributed by atoms with Crippen molar-refractivity contribution < 1.29 is 18.7 Å². The number of hydrogen-bond acceptors (Lipinski definition) is 4. The molecule has 1 aromatic heterocycles. The molecule has 2 aromatic carbocycles. The van der Waals surface area contributed by atoms with E-state index in [1.807, 2.05) is 0 Å². The maximum Gasteiger partial charge on any atom is 0.185 e. The summed E-state index contributed by atoms with van der Waals surface area (Å²) in [6.07, 6.45) is 3.06. The molecule has 0 unspecified atom stereocenters. The zero-order chi connectivity index (χ0) is 19.2. The molecule has 0 bridgehead atoms. The van der Waals surface area contributed by atoms with Crippen molar-refractivity contribution in [1.82, 2.24) is 0 Å². The molecule has 0 fully saturated rings. The Kier molecular flexibility index (Phi) is 6.22. The molecule has 0 saturated carbocycles. The Labute approximate surface area is 166 Å². The fraction of sp³-hybridized carbons (Fsp3) is 0.0952. The first-order valence-electron chi connectivity index (χ1n) is 8.09. The number of furan rings is 1. The minimum Gasteiger partial charge on any atom is -0.497 e. The van der Waals surface area contributed by atoms with Gasteiger partial charge in [-0.2, -0.15) is 0 Å². The third-order valence-electron chi connectivity index (χ3n) is 3.73. The normalized spacial score (nSPS) is 10.9. The van der Waals surface area contributed by atoms with Crippen LogP contribution in [0.1, 0.15) is 21.9 Å². The van der Waals surface area contributed by atoms with Gasteiger partial charge in [0.05, 0.1) is 17.2 Å². The molecular formula is C21H16Cl2O4. The van der Waals surface area contributed by atoms with Crippen molar-refractivity contribution in [2.45, 2.75) is 6.61 Å². The fourth-order valence-electron chi connectivity index (χ4n) is 2.33. The van der Waals surface area contributed by atoms with Crippen molar-refractivity contribution in [3.63, 3.8) is 0 Å². The van der Waals surface area contributed by atoms with Crippen LogP contribution in [-0.2, 0) is 6.61 Å². The van der Waals surface area contributed by atoms with E-state index in [9.17, 15) is 4.79 Å². The largest absolute Gasteiger partial charge is 0.497 e. The SMILES string of the molecule is COc1ccc(C(=O)/C=C/c2ccc(COc3c(Cl)cccc3Cl)o2)cc1. The Morgan fingerprint density at radius 3 is 2.41 bits per heavy atom. The molecule has 0 amide bonds. The van der Waals surface area contributed by atoms with Gasteiger partial charge in [-0.1, -0.05) is 29.3 Å². The zero-order valence-electron chi connectivity index (χ0n) is 14.4. The molecule has 0 aliphatic rings. The van der Waals surface area contributed by atoms with Crippen LogP contribution in [0, 0.1) is 0 Å². The van der Waals surface area contributed by atoms with E-state index in [4.69, 9.17) is 37.1 Å². The maximum atomic E-state index is 12.2. The van der Waals surface area contributed by atoms with E-state index in [1.165, 1.54) is 6.08 Å². The summed E-state index contributed by atoms with van der Waals surface area (Å²) in [6.45, 7) is 0.170. The molecular weight excluding hydrogens is 387 g/mol. The predicted molar refractivity (Wildman–Crippen MR) is 106 cm³/mol. The van der Waals surface area contributed by atoms with Gasteiger partial charge in [0.15, 0.2) is 11.5 Å². The van der Waals surface area contributed by atoms with E-state index in [0.29, 0.717) is 38.6 Å². The molecule has 0 aliphatic carbocycles. The first-order chi connectivity index (χ1) is 13.1. The molecule has 0 atom stereocenters. The number of rotatable bonds is 7. The lowest BCUT2D eigenvalue weighted by Gasteiger charge is -2.07. The molecule has 0 spiro atoms. The van der Waals surface area contributed by atoms with Crippen LogP contribution < -0.4 is 9.47 Å². The average Bonchev–Trinajstić information content (AvgIpc) is 3.13.